The first-order valence-electron chi connectivity index (χ1n) is 8.25. The number of nitrogens with zero attached hydrogens (tertiary/aromatic N) is 2. The Morgan fingerprint density at radius 1 is 1.18 bits per heavy atom. The average molecular weight is 509 g/mol. The van der Waals surface area contributed by atoms with Gasteiger partial charge in [-0.25, -0.2) is 9.69 Å². The van der Waals surface area contributed by atoms with Gasteiger partial charge in [-0.2, -0.15) is 0 Å². The van der Waals surface area contributed by atoms with Crippen LogP contribution in [0.4, 0.5) is 11.4 Å². The molecule has 1 aliphatic rings. The highest BCUT2D eigenvalue weighted by Crippen LogP contribution is 2.31. The molecule has 28 heavy (non-hydrogen) atoms. The first kappa shape index (κ1) is 20.3. The lowest BCUT2D eigenvalue weighted by atomic mass is 10.2. The number of anilines is 2. The van der Waals surface area contributed by atoms with E-state index in [2.05, 4.69) is 32.9 Å². The Balaban J connectivity index is 1.71. The summed E-state index contributed by atoms with van der Waals surface area (Å²) in [6.07, 6.45) is 0.0531. The van der Waals surface area contributed by atoms with Crippen molar-refractivity contribution in [1.29, 1.82) is 0 Å². The zero-order valence-electron chi connectivity index (χ0n) is 14.8. The summed E-state index contributed by atoms with van der Waals surface area (Å²) in [6, 6.07) is 13.4. The van der Waals surface area contributed by atoms with Gasteiger partial charge in [-0.1, -0.05) is 11.8 Å². The molecule has 3 rings (SSSR count). The summed E-state index contributed by atoms with van der Waals surface area (Å²) in [7, 11) is 1.62. The van der Waals surface area contributed by atoms with E-state index in [1.54, 1.807) is 7.05 Å². The van der Waals surface area contributed by atoms with E-state index in [4.69, 9.17) is 5.11 Å². The summed E-state index contributed by atoms with van der Waals surface area (Å²) in [5.74, 6) is -1.73. The molecule has 1 saturated heterocycles. The number of aromatic carboxylic acids is 1. The van der Waals surface area contributed by atoms with Crippen molar-refractivity contribution in [3.8, 4) is 0 Å². The summed E-state index contributed by atoms with van der Waals surface area (Å²) in [5.41, 5.74) is 1.30. The van der Waals surface area contributed by atoms with Crippen LogP contribution in [0.3, 0.4) is 0 Å². The molecule has 1 atom stereocenters. The number of amidine groups is 1. The zero-order valence-corrected chi connectivity index (χ0v) is 17.7. The Morgan fingerprint density at radius 3 is 2.39 bits per heavy atom. The second kappa shape index (κ2) is 8.74. The van der Waals surface area contributed by atoms with Gasteiger partial charge < -0.3 is 10.4 Å². The molecule has 2 amide bonds. The SMILES string of the molecule is CN=C(Nc1ccc(I)cc1)S[C@@H]1CC(=O)N(c2ccc(C(=O)O)cc2)C1=O. The van der Waals surface area contributed by atoms with E-state index in [1.807, 2.05) is 24.3 Å². The van der Waals surface area contributed by atoms with Crippen LogP contribution in [0.15, 0.2) is 53.5 Å². The van der Waals surface area contributed by atoms with Crippen LogP contribution in [0.1, 0.15) is 16.8 Å². The number of nitrogens with one attached hydrogen (secondary N) is 1. The summed E-state index contributed by atoms with van der Waals surface area (Å²) in [4.78, 5) is 41.4. The van der Waals surface area contributed by atoms with Crippen molar-refractivity contribution in [2.24, 2.45) is 4.99 Å². The second-order valence-electron chi connectivity index (χ2n) is 5.89. The van der Waals surface area contributed by atoms with Gasteiger partial charge in [0.25, 0.3) is 0 Å². The van der Waals surface area contributed by atoms with Crippen LogP contribution in [-0.2, 0) is 9.59 Å². The number of imide groups is 1. The van der Waals surface area contributed by atoms with Gasteiger partial charge >= 0.3 is 5.97 Å². The predicted molar refractivity (Wildman–Crippen MR) is 118 cm³/mol. The van der Waals surface area contributed by atoms with Gasteiger partial charge in [0.1, 0.15) is 5.25 Å². The number of hydrogen-bond donors (Lipinski definition) is 2. The van der Waals surface area contributed by atoms with E-state index >= 15 is 0 Å². The second-order valence-corrected chi connectivity index (χ2v) is 8.33. The van der Waals surface area contributed by atoms with E-state index in [1.165, 1.54) is 36.0 Å². The molecule has 1 aliphatic heterocycles. The first-order chi connectivity index (χ1) is 13.4. The summed E-state index contributed by atoms with van der Waals surface area (Å²) >= 11 is 3.41. The molecule has 7 nitrogen and oxygen atoms in total. The van der Waals surface area contributed by atoms with Gasteiger partial charge in [-0.15, -0.1) is 0 Å². The van der Waals surface area contributed by atoms with E-state index in [0.717, 1.165) is 14.2 Å². The number of hydrogen-bond acceptors (Lipinski definition) is 5. The predicted octanol–water partition coefficient (Wildman–Crippen LogP) is 3.45. The van der Waals surface area contributed by atoms with Crippen LogP contribution in [-0.4, -0.2) is 40.4 Å². The maximum absolute atomic E-state index is 12.8. The lowest BCUT2D eigenvalue weighted by Gasteiger charge is -2.16. The van der Waals surface area contributed by atoms with Gasteiger partial charge in [0, 0.05) is 22.7 Å². The Kier molecular flexibility index (Phi) is 6.35. The molecule has 2 N–H and O–H groups in total. The van der Waals surface area contributed by atoms with Crippen LogP contribution in [0, 0.1) is 3.57 Å². The van der Waals surface area contributed by atoms with E-state index in [9.17, 15) is 14.4 Å². The van der Waals surface area contributed by atoms with Crippen molar-refractivity contribution >= 4 is 68.7 Å². The average Bonchev–Trinajstić information content (AvgIpc) is 2.96. The maximum atomic E-state index is 12.8. The minimum absolute atomic E-state index is 0.0531. The molecule has 0 unspecified atom stereocenters. The van der Waals surface area contributed by atoms with E-state index in [0.29, 0.717) is 10.9 Å². The number of benzene rings is 2. The monoisotopic (exact) mass is 509 g/mol. The molecular formula is C19H16IN3O4S. The molecule has 144 valence electrons. The van der Waals surface area contributed by atoms with Gasteiger partial charge in [0.15, 0.2) is 5.17 Å². The number of carbonyl (C=O) groups is 3. The fourth-order valence-corrected chi connectivity index (χ4v) is 3.99. The third-order valence-corrected chi connectivity index (χ3v) is 5.91. The topological polar surface area (TPSA) is 99.1 Å². The number of carbonyl (C=O) groups excluding carboxylic acids is 2. The Bertz CT molecular complexity index is 945. The van der Waals surface area contributed by atoms with Crippen molar-refractivity contribution in [2.45, 2.75) is 11.7 Å². The minimum atomic E-state index is -1.07. The lowest BCUT2D eigenvalue weighted by molar-refractivity contribution is -0.121. The Morgan fingerprint density at radius 2 is 1.82 bits per heavy atom. The Hall–Kier alpha value is -2.40. The summed E-state index contributed by atoms with van der Waals surface area (Å²) in [5, 5.41) is 12.1. The molecule has 9 heteroatoms. The third-order valence-electron chi connectivity index (χ3n) is 4.03. The highest BCUT2D eigenvalue weighted by Gasteiger charge is 2.40. The molecule has 0 bridgehead atoms. The van der Waals surface area contributed by atoms with Crippen LogP contribution < -0.4 is 10.2 Å². The fourth-order valence-electron chi connectivity index (χ4n) is 2.65. The smallest absolute Gasteiger partial charge is 0.335 e. The van der Waals surface area contributed by atoms with Gasteiger partial charge in [0.2, 0.25) is 11.8 Å². The normalized spacial score (nSPS) is 17.1. The molecule has 0 radical (unpaired) electrons. The number of thioether (sulfide) groups is 1. The quantitative estimate of drug-likeness (QED) is 0.284. The summed E-state index contributed by atoms with van der Waals surface area (Å²) < 4.78 is 1.10. The number of amides is 2. The van der Waals surface area contributed by atoms with E-state index < -0.39 is 11.2 Å². The molecule has 2 aromatic rings. The first-order valence-corrected chi connectivity index (χ1v) is 10.2. The highest BCUT2D eigenvalue weighted by atomic mass is 127. The van der Waals surface area contributed by atoms with Crippen molar-refractivity contribution in [1.82, 2.24) is 0 Å². The van der Waals surface area contributed by atoms with Gasteiger partial charge in [0.05, 0.1) is 11.3 Å². The van der Waals surface area contributed by atoms with Gasteiger partial charge in [-0.05, 0) is 71.1 Å². The number of rotatable bonds is 4. The van der Waals surface area contributed by atoms with E-state index in [-0.39, 0.29) is 23.8 Å². The van der Waals surface area contributed by atoms with Crippen LogP contribution in [0.5, 0.6) is 0 Å². The summed E-state index contributed by atoms with van der Waals surface area (Å²) in [6.45, 7) is 0. The lowest BCUT2D eigenvalue weighted by Crippen LogP contribution is -2.31. The molecule has 1 heterocycles. The van der Waals surface area contributed by atoms with Crippen LogP contribution >= 0.6 is 34.4 Å². The number of aliphatic imine (C=N–C) groups is 1. The molecule has 0 spiro atoms. The number of carboxylic acids is 1. The minimum Gasteiger partial charge on any atom is -0.478 e. The zero-order chi connectivity index (χ0) is 20.3. The van der Waals surface area contributed by atoms with Crippen molar-refractivity contribution in [2.75, 3.05) is 17.3 Å². The van der Waals surface area contributed by atoms with Gasteiger partial charge in [-0.3, -0.25) is 14.6 Å². The standard InChI is InChI=1S/C19H16IN3O4S/c1-21-19(22-13-6-4-12(20)5-7-13)28-15-10-16(24)23(17(15)25)14-8-2-11(3-9-14)18(26)27/h2-9,15H,10H2,1H3,(H,21,22)(H,26,27)/t15-/m1/s1. The molecular weight excluding hydrogens is 493 g/mol. The highest BCUT2D eigenvalue weighted by molar-refractivity contribution is 14.1. The number of carboxylic acid groups (broad SMARTS) is 1. The largest absolute Gasteiger partial charge is 0.478 e. The number of halogens is 1. The van der Waals surface area contributed by atoms with Crippen LogP contribution in [0.2, 0.25) is 0 Å². The van der Waals surface area contributed by atoms with Crippen molar-refractivity contribution in [3.63, 3.8) is 0 Å². The fraction of sp³-hybridized carbons (Fsp3) is 0.158. The van der Waals surface area contributed by atoms with Crippen molar-refractivity contribution < 1.29 is 19.5 Å². The molecule has 1 fully saturated rings. The molecule has 2 aromatic carbocycles. The molecule has 0 aromatic heterocycles. The van der Waals surface area contributed by atoms with Crippen LogP contribution in [0.25, 0.3) is 0 Å². The molecule has 0 saturated carbocycles. The Labute approximate surface area is 179 Å². The maximum Gasteiger partial charge on any atom is 0.335 e. The molecule has 0 aliphatic carbocycles. The third kappa shape index (κ3) is 4.53. The van der Waals surface area contributed by atoms with Crippen molar-refractivity contribution in [3.05, 3.63) is 57.7 Å².